The van der Waals surface area contributed by atoms with Crippen molar-refractivity contribution in [3.05, 3.63) is 22.6 Å². The largest absolute Gasteiger partial charge is 0.368 e. The van der Waals surface area contributed by atoms with Gasteiger partial charge in [-0.25, -0.2) is 9.97 Å². The molecule has 0 fully saturated rings. The molecule has 0 radical (unpaired) electrons. The van der Waals surface area contributed by atoms with E-state index >= 15 is 0 Å². The third-order valence-corrected chi connectivity index (χ3v) is 4.08. The molecule has 24 heavy (non-hydrogen) atoms. The van der Waals surface area contributed by atoms with Gasteiger partial charge in [0.25, 0.3) is 5.91 Å². The number of primary amides is 2. The number of hydrogen-bond donors (Lipinski definition) is 4. The molecule has 1 atom stereocenters. The van der Waals surface area contributed by atoms with Crippen molar-refractivity contribution in [2.75, 3.05) is 10.6 Å². The van der Waals surface area contributed by atoms with Crippen molar-refractivity contribution in [2.24, 2.45) is 11.5 Å². The van der Waals surface area contributed by atoms with E-state index in [2.05, 4.69) is 25.0 Å². The van der Waals surface area contributed by atoms with Crippen molar-refractivity contribution in [3.63, 3.8) is 0 Å². The summed E-state index contributed by atoms with van der Waals surface area (Å²) in [5.41, 5.74) is 11.3. The average molecular weight is 370 g/mol. The molecule has 2 aromatic heterocycles. The van der Waals surface area contributed by atoms with Crippen molar-refractivity contribution < 1.29 is 9.59 Å². The van der Waals surface area contributed by atoms with Gasteiger partial charge in [-0.2, -0.15) is 4.37 Å². The molecule has 0 aromatic carbocycles. The van der Waals surface area contributed by atoms with Crippen LogP contribution >= 0.6 is 23.1 Å². The Bertz CT molecular complexity index is 780. The number of nitrogens with zero attached hydrogens (tertiary/aromatic N) is 3. The highest BCUT2D eigenvalue weighted by Crippen LogP contribution is 2.27. The summed E-state index contributed by atoms with van der Waals surface area (Å²) >= 11 is 7.21. The molecule has 9 nitrogen and oxygen atoms in total. The molecule has 2 amide bonds. The lowest BCUT2D eigenvalue weighted by molar-refractivity contribution is -0.118. The first kappa shape index (κ1) is 17.9. The van der Waals surface area contributed by atoms with Gasteiger partial charge in [0.15, 0.2) is 22.5 Å². The van der Waals surface area contributed by atoms with E-state index in [-0.39, 0.29) is 22.5 Å². The zero-order valence-electron chi connectivity index (χ0n) is 13.0. The van der Waals surface area contributed by atoms with Crippen molar-refractivity contribution in [2.45, 2.75) is 26.3 Å². The molecular formula is C13H16ClN7O2S. The van der Waals surface area contributed by atoms with Gasteiger partial charge in [0.05, 0.1) is 5.69 Å². The Balaban J connectivity index is 2.41. The van der Waals surface area contributed by atoms with E-state index in [1.54, 1.807) is 13.0 Å². The standard InChI is InChI=1S/C13H16ClN7O2S/c1-3-6(10(15)22)17-13-9(14)19-8(11(16)23)12(20-13)18-7-4-5(2)21-24-7/h4,6H,3H2,1-2H3,(H2,15,22)(H2,16,23)(H2,17,18,20)/t6-/m1/s1. The number of aryl methyl sites for hydroxylation is 1. The minimum absolute atomic E-state index is 0.0884. The van der Waals surface area contributed by atoms with E-state index in [1.165, 1.54) is 11.5 Å². The molecule has 0 saturated carbocycles. The van der Waals surface area contributed by atoms with Gasteiger partial charge < -0.3 is 22.1 Å². The zero-order valence-corrected chi connectivity index (χ0v) is 14.5. The number of carbonyl (C=O) groups is 2. The fraction of sp³-hybridized carbons (Fsp3) is 0.308. The van der Waals surface area contributed by atoms with Gasteiger partial charge >= 0.3 is 0 Å². The number of amides is 2. The van der Waals surface area contributed by atoms with Crippen LogP contribution in [0.4, 0.5) is 16.6 Å². The summed E-state index contributed by atoms with van der Waals surface area (Å²) in [5, 5.41) is 6.30. The van der Waals surface area contributed by atoms with E-state index in [1.807, 2.05) is 6.92 Å². The molecule has 0 unspecified atom stereocenters. The van der Waals surface area contributed by atoms with Crippen molar-refractivity contribution in [1.82, 2.24) is 14.3 Å². The highest BCUT2D eigenvalue weighted by atomic mass is 35.5. The molecule has 6 N–H and O–H groups in total. The molecule has 2 heterocycles. The molecule has 128 valence electrons. The smallest absolute Gasteiger partial charge is 0.271 e. The number of nitrogens with two attached hydrogens (primary N) is 2. The average Bonchev–Trinajstić information content (AvgIpc) is 2.91. The van der Waals surface area contributed by atoms with E-state index < -0.39 is 17.9 Å². The summed E-state index contributed by atoms with van der Waals surface area (Å²) < 4.78 is 4.12. The van der Waals surface area contributed by atoms with Crippen molar-refractivity contribution >= 4 is 51.6 Å². The maximum absolute atomic E-state index is 11.6. The Morgan fingerprint density at radius 1 is 1.33 bits per heavy atom. The fourth-order valence-electron chi connectivity index (χ4n) is 1.84. The number of halogens is 1. The molecule has 0 bridgehead atoms. The molecule has 2 rings (SSSR count). The molecule has 0 aliphatic carbocycles. The lowest BCUT2D eigenvalue weighted by Crippen LogP contribution is -2.35. The summed E-state index contributed by atoms with van der Waals surface area (Å²) in [5.74, 6) is -1.11. The molecule has 0 spiro atoms. The van der Waals surface area contributed by atoms with Crippen LogP contribution in [0.1, 0.15) is 29.5 Å². The van der Waals surface area contributed by atoms with Crippen molar-refractivity contribution in [3.8, 4) is 0 Å². The highest BCUT2D eigenvalue weighted by molar-refractivity contribution is 7.10. The van der Waals surface area contributed by atoms with Gasteiger partial charge in [0.1, 0.15) is 11.0 Å². The number of hydrogen-bond acceptors (Lipinski definition) is 8. The first-order valence-corrected chi connectivity index (χ1v) is 8.10. The lowest BCUT2D eigenvalue weighted by atomic mass is 10.2. The van der Waals surface area contributed by atoms with Crippen molar-refractivity contribution in [1.29, 1.82) is 0 Å². The predicted molar refractivity (Wildman–Crippen MR) is 92.6 cm³/mol. The third-order valence-electron chi connectivity index (χ3n) is 3.02. The van der Waals surface area contributed by atoms with Crippen LogP contribution in [-0.2, 0) is 4.79 Å². The topological polar surface area (TPSA) is 149 Å². The van der Waals surface area contributed by atoms with E-state index in [9.17, 15) is 9.59 Å². The highest BCUT2D eigenvalue weighted by Gasteiger charge is 2.21. The Labute approximate surface area is 147 Å². The van der Waals surface area contributed by atoms with Crippen LogP contribution in [-0.4, -0.2) is 32.2 Å². The number of carbonyl (C=O) groups excluding carboxylic acids is 2. The van der Waals surface area contributed by atoms with Gasteiger partial charge in [-0.3, -0.25) is 9.59 Å². The quantitative estimate of drug-likeness (QED) is 0.576. The SMILES string of the molecule is CC[C@@H](Nc1nc(Nc2cc(C)ns2)c(C(N)=O)nc1Cl)C(N)=O. The van der Waals surface area contributed by atoms with Gasteiger partial charge in [-0.05, 0) is 30.9 Å². The predicted octanol–water partition coefficient (Wildman–Crippen LogP) is 1.41. The number of aromatic nitrogens is 3. The number of rotatable bonds is 7. The van der Waals surface area contributed by atoms with E-state index in [0.717, 1.165) is 5.69 Å². The van der Waals surface area contributed by atoms with Crippen LogP contribution in [0.3, 0.4) is 0 Å². The van der Waals surface area contributed by atoms with Crippen LogP contribution in [0.2, 0.25) is 5.15 Å². The molecule has 0 saturated heterocycles. The van der Waals surface area contributed by atoms with E-state index in [4.69, 9.17) is 23.1 Å². The molecular weight excluding hydrogens is 354 g/mol. The Hall–Kier alpha value is -2.46. The van der Waals surface area contributed by atoms with Crippen LogP contribution in [0.25, 0.3) is 0 Å². The van der Waals surface area contributed by atoms with Gasteiger partial charge in [0.2, 0.25) is 5.91 Å². The van der Waals surface area contributed by atoms with Crippen LogP contribution < -0.4 is 22.1 Å². The van der Waals surface area contributed by atoms with E-state index in [0.29, 0.717) is 11.4 Å². The normalized spacial score (nSPS) is 11.8. The Morgan fingerprint density at radius 2 is 2.04 bits per heavy atom. The number of anilines is 3. The summed E-state index contributed by atoms with van der Waals surface area (Å²) in [6.45, 7) is 3.61. The van der Waals surface area contributed by atoms with Crippen LogP contribution in [0, 0.1) is 6.92 Å². The summed E-state index contributed by atoms with van der Waals surface area (Å²) in [4.78, 5) is 31.1. The molecule has 0 aliphatic heterocycles. The van der Waals surface area contributed by atoms with Gasteiger partial charge in [-0.1, -0.05) is 18.5 Å². The van der Waals surface area contributed by atoms with Gasteiger partial charge in [-0.15, -0.1) is 0 Å². The Kier molecular flexibility index (Phi) is 5.52. The second kappa shape index (κ2) is 7.41. The summed E-state index contributed by atoms with van der Waals surface area (Å²) in [7, 11) is 0. The first-order chi connectivity index (χ1) is 11.3. The van der Waals surface area contributed by atoms with Crippen LogP contribution in [0.15, 0.2) is 6.07 Å². The fourth-order valence-corrected chi connectivity index (χ4v) is 2.69. The second-order valence-corrected chi connectivity index (χ2v) is 6.05. The number of nitrogens with one attached hydrogen (secondary N) is 2. The monoisotopic (exact) mass is 369 g/mol. The molecule has 2 aromatic rings. The summed E-state index contributed by atoms with van der Waals surface area (Å²) in [6.07, 6.45) is 0.432. The zero-order chi connectivity index (χ0) is 17.9. The molecule has 0 aliphatic rings. The minimum Gasteiger partial charge on any atom is -0.368 e. The van der Waals surface area contributed by atoms with Crippen LogP contribution in [0.5, 0.6) is 0 Å². The third kappa shape index (κ3) is 4.09. The first-order valence-electron chi connectivity index (χ1n) is 6.95. The lowest BCUT2D eigenvalue weighted by Gasteiger charge is -2.16. The molecule has 11 heteroatoms. The maximum atomic E-state index is 11.6. The maximum Gasteiger partial charge on any atom is 0.271 e. The minimum atomic E-state index is -0.790. The summed E-state index contributed by atoms with van der Waals surface area (Å²) in [6, 6.07) is 1.10. The Morgan fingerprint density at radius 3 is 2.54 bits per heavy atom. The van der Waals surface area contributed by atoms with Gasteiger partial charge in [0, 0.05) is 0 Å². The second-order valence-electron chi connectivity index (χ2n) is 4.89.